The van der Waals surface area contributed by atoms with Crippen LogP contribution in [0.15, 0.2) is 12.1 Å². The molecule has 2 aliphatic heterocycles. The lowest BCUT2D eigenvalue weighted by Gasteiger charge is -2.27. The van der Waals surface area contributed by atoms with Crippen LogP contribution in [0.3, 0.4) is 0 Å². The molecule has 1 aromatic carbocycles. The number of carbonyl (C=O) groups excluding carboxylic acids is 3. The molecular formula is C22H30N2O4S. The number of methoxy groups -OCH3 is 1. The van der Waals surface area contributed by atoms with Gasteiger partial charge in [-0.1, -0.05) is 13.8 Å². The van der Waals surface area contributed by atoms with Crippen molar-refractivity contribution in [3.05, 3.63) is 34.4 Å². The molecule has 1 atom stereocenters. The van der Waals surface area contributed by atoms with Crippen molar-refractivity contribution in [3.8, 4) is 0 Å². The maximum absolute atomic E-state index is 13.2. The number of rotatable bonds is 6. The summed E-state index contributed by atoms with van der Waals surface area (Å²) < 4.78 is 4.87. The molecule has 1 aromatic rings. The van der Waals surface area contributed by atoms with Gasteiger partial charge < -0.3 is 14.5 Å². The molecule has 0 bridgehead atoms. The van der Waals surface area contributed by atoms with Gasteiger partial charge in [0.1, 0.15) is 6.04 Å². The highest BCUT2D eigenvalue weighted by molar-refractivity contribution is 7.99. The first-order valence-corrected chi connectivity index (χ1v) is 11.5. The molecule has 2 fully saturated rings. The number of aryl methyl sites for hydroxylation is 2. The fourth-order valence-electron chi connectivity index (χ4n) is 4.19. The van der Waals surface area contributed by atoms with Crippen LogP contribution in [-0.4, -0.2) is 65.5 Å². The molecule has 2 heterocycles. The summed E-state index contributed by atoms with van der Waals surface area (Å²) in [5.74, 6) is 0.950. The number of nitrogens with zero attached hydrogens (tertiary/aromatic N) is 2. The summed E-state index contributed by atoms with van der Waals surface area (Å²) in [6.45, 7) is 5.65. The van der Waals surface area contributed by atoms with Crippen LogP contribution in [0, 0.1) is 0 Å². The number of thioether (sulfide) groups is 1. The Morgan fingerprint density at radius 1 is 1.10 bits per heavy atom. The predicted molar refractivity (Wildman–Crippen MR) is 114 cm³/mol. The van der Waals surface area contributed by atoms with Gasteiger partial charge in [-0.15, -0.1) is 11.8 Å². The van der Waals surface area contributed by atoms with Crippen LogP contribution >= 0.6 is 11.8 Å². The van der Waals surface area contributed by atoms with Gasteiger partial charge in [-0.3, -0.25) is 9.59 Å². The van der Waals surface area contributed by atoms with Crippen LogP contribution in [0.5, 0.6) is 0 Å². The Morgan fingerprint density at radius 3 is 2.28 bits per heavy atom. The van der Waals surface area contributed by atoms with Crippen molar-refractivity contribution in [3.63, 3.8) is 0 Å². The molecule has 1 unspecified atom stereocenters. The normalized spacial score (nSPS) is 18.9. The minimum atomic E-state index is -0.362. The second kappa shape index (κ2) is 9.65. The van der Waals surface area contributed by atoms with E-state index in [1.807, 2.05) is 30.9 Å². The van der Waals surface area contributed by atoms with Crippen molar-refractivity contribution in [1.29, 1.82) is 0 Å². The first-order valence-electron chi connectivity index (χ1n) is 10.4. The molecule has 0 radical (unpaired) electrons. The lowest BCUT2D eigenvalue weighted by Crippen LogP contribution is -2.48. The van der Waals surface area contributed by atoms with E-state index in [4.69, 9.17) is 4.74 Å². The third-order valence-electron chi connectivity index (χ3n) is 5.85. The number of esters is 1. The molecule has 6 nitrogen and oxygen atoms in total. The van der Waals surface area contributed by atoms with Gasteiger partial charge in [0.05, 0.1) is 25.0 Å². The number of likely N-dealkylation sites (tertiary alicyclic amines) is 1. The van der Waals surface area contributed by atoms with Gasteiger partial charge in [0, 0.05) is 18.8 Å². The van der Waals surface area contributed by atoms with Crippen LogP contribution in [-0.2, 0) is 33.6 Å². The number of benzene rings is 1. The van der Waals surface area contributed by atoms with E-state index in [1.165, 1.54) is 7.11 Å². The van der Waals surface area contributed by atoms with Crippen molar-refractivity contribution in [2.24, 2.45) is 0 Å². The maximum atomic E-state index is 13.2. The van der Waals surface area contributed by atoms with Crippen LogP contribution in [0.2, 0.25) is 0 Å². The lowest BCUT2D eigenvalue weighted by atomic mass is 9.92. The second-order valence-corrected chi connectivity index (χ2v) is 8.56. The fourth-order valence-corrected chi connectivity index (χ4v) is 5.36. The van der Waals surface area contributed by atoms with E-state index in [-0.39, 0.29) is 30.2 Å². The minimum Gasteiger partial charge on any atom is -0.465 e. The molecule has 7 heteroatoms. The summed E-state index contributed by atoms with van der Waals surface area (Å²) in [5.41, 5.74) is 3.49. The highest BCUT2D eigenvalue weighted by atomic mass is 32.2. The minimum absolute atomic E-state index is 0.0113. The lowest BCUT2D eigenvalue weighted by molar-refractivity contribution is -0.142. The topological polar surface area (TPSA) is 66.9 Å². The summed E-state index contributed by atoms with van der Waals surface area (Å²) >= 11 is 1.64. The summed E-state index contributed by atoms with van der Waals surface area (Å²) in [6.07, 6.45) is 3.81. The summed E-state index contributed by atoms with van der Waals surface area (Å²) in [5, 5.41) is 0. The van der Waals surface area contributed by atoms with E-state index in [1.54, 1.807) is 16.7 Å². The molecule has 2 aliphatic rings. The standard InChI is InChI=1S/C22H30N2O4S/c1-4-15-10-17(22(27)28-3)11-16(5-2)18(15)12-20(25)24-14-29-13-19(24)21(26)23-8-6-7-9-23/h10-11,19H,4-9,12-14H2,1-3H3. The Hall–Kier alpha value is -2.02. The molecule has 2 saturated heterocycles. The van der Waals surface area contributed by atoms with Crippen LogP contribution in [0.4, 0.5) is 0 Å². The highest BCUT2D eigenvalue weighted by Crippen LogP contribution is 2.27. The van der Waals surface area contributed by atoms with Gasteiger partial charge in [0.25, 0.3) is 0 Å². The Bertz CT molecular complexity index is 764. The van der Waals surface area contributed by atoms with Crippen molar-refractivity contribution >= 4 is 29.5 Å². The Labute approximate surface area is 176 Å². The molecule has 0 aromatic heterocycles. The molecule has 0 aliphatic carbocycles. The quantitative estimate of drug-likeness (QED) is 0.665. The number of ether oxygens (including phenoxy) is 1. The average molecular weight is 419 g/mol. The van der Waals surface area contributed by atoms with Crippen LogP contribution in [0.1, 0.15) is 53.7 Å². The highest BCUT2D eigenvalue weighted by Gasteiger charge is 2.37. The zero-order chi connectivity index (χ0) is 21.0. The maximum Gasteiger partial charge on any atom is 0.337 e. The molecular weight excluding hydrogens is 388 g/mol. The van der Waals surface area contributed by atoms with Crippen molar-refractivity contribution in [1.82, 2.24) is 9.80 Å². The molecule has 2 amide bonds. The third kappa shape index (κ3) is 4.60. The zero-order valence-corrected chi connectivity index (χ0v) is 18.3. The van der Waals surface area contributed by atoms with E-state index in [0.29, 0.717) is 17.2 Å². The second-order valence-electron chi connectivity index (χ2n) is 7.56. The van der Waals surface area contributed by atoms with E-state index in [0.717, 1.165) is 55.5 Å². The predicted octanol–water partition coefficient (Wildman–Crippen LogP) is 2.66. The first-order chi connectivity index (χ1) is 14.0. The fraction of sp³-hybridized carbons (Fsp3) is 0.591. The largest absolute Gasteiger partial charge is 0.465 e. The Balaban J connectivity index is 1.82. The van der Waals surface area contributed by atoms with E-state index >= 15 is 0 Å². The van der Waals surface area contributed by atoms with E-state index in [9.17, 15) is 14.4 Å². The van der Waals surface area contributed by atoms with Gasteiger partial charge in [0.2, 0.25) is 11.8 Å². The first kappa shape index (κ1) is 21.7. The summed E-state index contributed by atoms with van der Waals surface area (Å²) in [4.78, 5) is 41.7. The summed E-state index contributed by atoms with van der Waals surface area (Å²) in [7, 11) is 1.37. The number of amides is 2. The van der Waals surface area contributed by atoms with Gasteiger partial charge in [-0.2, -0.15) is 0 Å². The smallest absolute Gasteiger partial charge is 0.337 e. The Kier molecular flexibility index (Phi) is 7.22. The average Bonchev–Trinajstić information content (AvgIpc) is 3.44. The summed E-state index contributed by atoms with van der Waals surface area (Å²) in [6, 6.07) is 3.31. The Morgan fingerprint density at radius 2 is 1.72 bits per heavy atom. The number of hydrogen-bond acceptors (Lipinski definition) is 5. The molecule has 29 heavy (non-hydrogen) atoms. The number of hydrogen-bond donors (Lipinski definition) is 0. The van der Waals surface area contributed by atoms with Crippen LogP contribution in [0.25, 0.3) is 0 Å². The zero-order valence-electron chi connectivity index (χ0n) is 17.5. The molecule has 158 valence electrons. The van der Waals surface area contributed by atoms with Crippen molar-refractivity contribution in [2.75, 3.05) is 31.8 Å². The molecule has 0 saturated carbocycles. The third-order valence-corrected chi connectivity index (χ3v) is 6.86. The van der Waals surface area contributed by atoms with Crippen molar-refractivity contribution in [2.45, 2.75) is 52.0 Å². The van der Waals surface area contributed by atoms with E-state index in [2.05, 4.69) is 0 Å². The van der Waals surface area contributed by atoms with Crippen LogP contribution < -0.4 is 0 Å². The molecule has 3 rings (SSSR count). The van der Waals surface area contributed by atoms with Gasteiger partial charge in [0.15, 0.2) is 0 Å². The monoisotopic (exact) mass is 418 g/mol. The number of carbonyl (C=O) groups is 3. The molecule has 0 spiro atoms. The van der Waals surface area contributed by atoms with E-state index < -0.39 is 0 Å². The molecule has 0 N–H and O–H groups in total. The van der Waals surface area contributed by atoms with Gasteiger partial charge in [-0.25, -0.2) is 4.79 Å². The van der Waals surface area contributed by atoms with Gasteiger partial charge >= 0.3 is 5.97 Å². The SMILES string of the molecule is CCc1cc(C(=O)OC)cc(CC)c1CC(=O)N1CSCC1C(=O)N1CCCC1. The van der Waals surface area contributed by atoms with Crippen molar-refractivity contribution < 1.29 is 19.1 Å². The van der Waals surface area contributed by atoms with Gasteiger partial charge in [-0.05, 0) is 54.5 Å².